The molecule has 0 aromatic heterocycles. The molecule has 3 rings (SSSR count). The summed E-state index contributed by atoms with van der Waals surface area (Å²) in [6.45, 7) is 1.17. The molecule has 6 heteroatoms. The second-order valence-corrected chi connectivity index (χ2v) is 8.80. The number of hydrogen-bond donors (Lipinski definition) is 1. The van der Waals surface area contributed by atoms with Crippen LogP contribution < -0.4 is 0 Å². The standard InChI is InChI=1S/C20H23NO4S/c1-26(24,25)18-9-7-17(8-10-18)20(23)21-13-11-16(12-14-21)19(22)15-5-3-2-4-6-15/h2-10,16,19,22H,11-14H2,1H3. The van der Waals surface area contributed by atoms with Gasteiger partial charge in [0.25, 0.3) is 5.91 Å². The van der Waals surface area contributed by atoms with Gasteiger partial charge in [-0.05, 0) is 48.6 Å². The second kappa shape index (κ2) is 7.60. The molecule has 2 aromatic rings. The Balaban J connectivity index is 1.62. The Morgan fingerprint density at radius 1 is 1.04 bits per heavy atom. The molecule has 1 aliphatic rings. The van der Waals surface area contributed by atoms with Crippen molar-refractivity contribution in [2.24, 2.45) is 5.92 Å². The Morgan fingerprint density at radius 2 is 1.62 bits per heavy atom. The van der Waals surface area contributed by atoms with Crippen molar-refractivity contribution in [3.05, 3.63) is 65.7 Å². The molecule has 2 aromatic carbocycles. The highest BCUT2D eigenvalue weighted by Crippen LogP contribution is 2.31. The first-order chi connectivity index (χ1) is 12.4. The van der Waals surface area contributed by atoms with Gasteiger partial charge < -0.3 is 10.0 Å². The van der Waals surface area contributed by atoms with Crippen LogP contribution in [-0.2, 0) is 9.84 Å². The van der Waals surface area contributed by atoms with E-state index < -0.39 is 15.9 Å². The Morgan fingerprint density at radius 3 is 2.15 bits per heavy atom. The molecule has 1 heterocycles. The van der Waals surface area contributed by atoms with E-state index in [9.17, 15) is 18.3 Å². The van der Waals surface area contributed by atoms with Crippen molar-refractivity contribution in [2.45, 2.75) is 23.8 Å². The number of likely N-dealkylation sites (tertiary alicyclic amines) is 1. The van der Waals surface area contributed by atoms with Crippen molar-refractivity contribution in [3.63, 3.8) is 0 Å². The number of nitrogens with zero attached hydrogens (tertiary/aromatic N) is 1. The van der Waals surface area contributed by atoms with Crippen molar-refractivity contribution < 1.29 is 18.3 Å². The van der Waals surface area contributed by atoms with Crippen LogP contribution in [0.5, 0.6) is 0 Å². The van der Waals surface area contributed by atoms with Crippen molar-refractivity contribution >= 4 is 15.7 Å². The molecule has 1 amide bonds. The number of carbonyl (C=O) groups excluding carboxylic acids is 1. The third-order valence-electron chi connectivity index (χ3n) is 4.94. The molecule has 1 saturated heterocycles. The number of aliphatic hydroxyl groups is 1. The molecule has 1 fully saturated rings. The average molecular weight is 373 g/mol. The number of carbonyl (C=O) groups is 1. The van der Waals surface area contributed by atoms with E-state index in [0.29, 0.717) is 18.7 Å². The predicted molar refractivity (Wildman–Crippen MR) is 99.6 cm³/mol. The van der Waals surface area contributed by atoms with Crippen molar-refractivity contribution in [1.29, 1.82) is 0 Å². The highest BCUT2D eigenvalue weighted by Gasteiger charge is 2.28. The van der Waals surface area contributed by atoms with Crippen molar-refractivity contribution in [2.75, 3.05) is 19.3 Å². The number of benzene rings is 2. The van der Waals surface area contributed by atoms with Crippen LogP contribution in [0.3, 0.4) is 0 Å². The lowest BCUT2D eigenvalue weighted by Crippen LogP contribution is -2.39. The summed E-state index contributed by atoms with van der Waals surface area (Å²) >= 11 is 0. The molecule has 0 aliphatic carbocycles. The minimum absolute atomic E-state index is 0.0994. The van der Waals surface area contributed by atoms with E-state index in [1.54, 1.807) is 17.0 Å². The second-order valence-electron chi connectivity index (χ2n) is 6.78. The fourth-order valence-corrected chi connectivity index (χ4v) is 4.00. The number of rotatable bonds is 4. The Bertz CT molecular complexity index is 854. The van der Waals surface area contributed by atoms with E-state index in [-0.39, 0.29) is 16.7 Å². The van der Waals surface area contributed by atoms with Gasteiger partial charge in [-0.1, -0.05) is 30.3 Å². The van der Waals surface area contributed by atoms with E-state index in [1.165, 1.54) is 12.1 Å². The van der Waals surface area contributed by atoms with Crippen LogP contribution in [0.4, 0.5) is 0 Å². The van der Waals surface area contributed by atoms with Crippen LogP contribution in [0.2, 0.25) is 0 Å². The summed E-state index contributed by atoms with van der Waals surface area (Å²) < 4.78 is 23.0. The van der Waals surface area contributed by atoms with E-state index in [0.717, 1.165) is 24.7 Å². The zero-order valence-corrected chi connectivity index (χ0v) is 15.5. The zero-order valence-electron chi connectivity index (χ0n) is 14.7. The molecule has 1 N–H and O–H groups in total. The molecular weight excluding hydrogens is 350 g/mol. The maximum atomic E-state index is 12.6. The lowest BCUT2D eigenvalue weighted by molar-refractivity contribution is 0.0462. The van der Waals surface area contributed by atoms with Crippen LogP contribution in [0.25, 0.3) is 0 Å². The lowest BCUT2D eigenvalue weighted by Gasteiger charge is -2.34. The molecule has 138 valence electrons. The largest absolute Gasteiger partial charge is 0.388 e. The van der Waals surface area contributed by atoms with Gasteiger partial charge >= 0.3 is 0 Å². The Kier molecular flexibility index (Phi) is 5.44. The number of sulfone groups is 1. The minimum Gasteiger partial charge on any atom is -0.388 e. The summed E-state index contributed by atoms with van der Waals surface area (Å²) in [5, 5.41) is 10.5. The highest BCUT2D eigenvalue weighted by atomic mass is 32.2. The van der Waals surface area contributed by atoms with Crippen LogP contribution in [0, 0.1) is 5.92 Å². The highest BCUT2D eigenvalue weighted by molar-refractivity contribution is 7.90. The van der Waals surface area contributed by atoms with E-state index >= 15 is 0 Å². The maximum Gasteiger partial charge on any atom is 0.253 e. The van der Waals surface area contributed by atoms with Crippen LogP contribution in [0.1, 0.15) is 34.9 Å². The van der Waals surface area contributed by atoms with Gasteiger partial charge in [0.2, 0.25) is 0 Å². The summed E-state index contributed by atoms with van der Waals surface area (Å²) in [5.74, 6) is 0.0340. The first-order valence-electron chi connectivity index (χ1n) is 8.68. The number of hydrogen-bond acceptors (Lipinski definition) is 4. The lowest BCUT2D eigenvalue weighted by atomic mass is 9.87. The van der Waals surface area contributed by atoms with Crippen molar-refractivity contribution in [1.82, 2.24) is 4.90 Å². The zero-order chi connectivity index (χ0) is 18.7. The van der Waals surface area contributed by atoms with Gasteiger partial charge in [-0.2, -0.15) is 0 Å². The van der Waals surface area contributed by atoms with E-state index in [2.05, 4.69) is 0 Å². The Labute approximate surface area is 154 Å². The molecular formula is C20H23NO4S. The van der Waals surface area contributed by atoms with Gasteiger partial charge in [0.1, 0.15) is 0 Å². The fraction of sp³-hybridized carbons (Fsp3) is 0.350. The van der Waals surface area contributed by atoms with Crippen LogP contribution in [-0.4, -0.2) is 43.7 Å². The maximum absolute atomic E-state index is 12.6. The third kappa shape index (κ3) is 4.14. The van der Waals surface area contributed by atoms with Crippen LogP contribution >= 0.6 is 0 Å². The van der Waals surface area contributed by atoms with E-state index in [4.69, 9.17) is 0 Å². The summed E-state index contributed by atoms with van der Waals surface area (Å²) in [5.41, 5.74) is 1.40. The Hall–Kier alpha value is -2.18. The SMILES string of the molecule is CS(=O)(=O)c1ccc(C(=O)N2CCC(C(O)c3ccccc3)CC2)cc1. The van der Waals surface area contributed by atoms with Gasteiger partial charge in [0.05, 0.1) is 11.0 Å². The van der Waals surface area contributed by atoms with Gasteiger partial charge in [-0.15, -0.1) is 0 Å². The quantitative estimate of drug-likeness (QED) is 0.894. The summed E-state index contributed by atoms with van der Waals surface area (Å²) in [7, 11) is -3.27. The van der Waals surface area contributed by atoms with Gasteiger partial charge in [0.15, 0.2) is 9.84 Å². The topological polar surface area (TPSA) is 74.7 Å². The molecule has 1 atom stereocenters. The summed E-state index contributed by atoms with van der Waals surface area (Å²) in [6, 6.07) is 15.6. The molecule has 1 aliphatic heterocycles. The van der Waals surface area contributed by atoms with Crippen LogP contribution in [0.15, 0.2) is 59.5 Å². The van der Waals surface area contributed by atoms with Crippen molar-refractivity contribution in [3.8, 4) is 0 Å². The molecule has 0 radical (unpaired) electrons. The fourth-order valence-electron chi connectivity index (χ4n) is 3.37. The predicted octanol–water partition coefficient (Wildman–Crippen LogP) is 2.68. The molecule has 0 spiro atoms. The molecule has 5 nitrogen and oxygen atoms in total. The number of aliphatic hydroxyl groups excluding tert-OH is 1. The summed E-state index contributed by atoms with van der Waals surface area (Å²) in [4.78, 5) is 14.6. The monoisotopic (exact) mass is 373 g/mol. The minimum atomic E-state index is -3.27. The smallest absolute Gasteiger partial charge is 0.253 e. The van der Waals surface area contributed by atoms with Gasteiger partial charge in [-0.25, -0.2) is 8.42 Å². The molecule has 0 bridgehead atoms. The summed E-state index contributed by atoms with van der Waals surface area (Å²) in [6.07, 6.45) is 2.11. The molecule has 26 heavy (non-hydrogen) atoms. The third-order valence-corrected chi connectivity index (χ3v) is 6.07. The average Bonchev–Trinajstić information content (AvgIpc) is 2.67. The first-order valence-corrected chi connectivity index (χ1v) is 10.6. The number of piperidine rings is 1. The number of amides is 1. The van der Waals surface area contributed by atoms with E-state index in [1.807, 2.05) is 30.3 Å². The van der Waals surface area contributed by atoms with Gasteiger partial charge in [0, 0.05) is 24.9 Å². The molecule has 0 saturated carbocycles. The normalized spacial score (nSPS) is 17.1. The molecule has 1 unspecified atom stereocenters. The first kappa shape index (κ1) is 18.6. The van der Waals surface area contributed by atoms with Gasteiger partial charge in [-0.3, -0.25) is 4.79 Å².